The van der Waals surface area contributed by atoms with Gasteiger partial charge in [-0.2, -0.15) is 0 Å². The van der Waals surface area contributed by atoms with E-state index in [9.17, 15) is 4.79 Å². The van der Waals surface area contributed by atoms with E-state index in [1.165, 1.54) is 4.90 Å². The molecule has 1 aromatic rings. The molecule has 0 aliphatic carbocycles. The number of benzene rings is 1. The molecular weight excluding hydrogens is 274 g/mol. The van der Waals surface area contributed by atoms with Crippen LogP contribution < -0.4 is 14.4 Å². The number of hydrogen-bond donors (Lipinski definition) is 1. The van der Waals surface area contributed by atoms with Crippen molar-refractivity contribution in [2.75, 3.05) is 46.1 Å². The summed E-state index contributed by atoms with van der Waals surface area (Å²) < 4.78 is 21.7. The Morgan fingerprint density at radius 2 is 2.00 bits per heavy atom. The molecule has 1 saturated heterocycles. The van der Waals surface area contributed by atoms with Crippen molar-refractivity contribution in [2.45, 2.75) is 6.10 Å². The molecule has 0 spiro atoms. The van der Waals surface area contributed by atoms with Crippen molar-refractivity contribution in [1.29, 1.82) is 0 Å². The second kappa shape index (κ2) is 6.78. The van der Waals surface area contributed by atoms with Gasteiger partial charge in [0.15, 0.2) is 11.5 Å². The van der Waals surface area contributed by atoms with E-state index < -0.39 is 6.10 Å². The fraction of sp³-hybridized carbons (Fsp3) is 0.533. The van der Waals surface area contributed by atoms with Gasteiger partial charge in [-0.05, 0) is 12.1 Å². The fourth-order valence-corrected chi connectivity index (χ4v) is 2.43. The molecule has 0 unspecified atom stereocenters. The van der Waals surface area contributed by atoms with Gasteiger partial charge >= 0.3 is 5.97 Å². The first-order valence-electron chi connectivity index (χ1n) is 7.29. The summed E-state index contributed by atoms with van der Waals surface area (Å²) in [5.41, 5.74) is 0. The molecule has 1 aromatic carbocycles. The summed E-state index contributed by atoms with van der Waals surface area (Å²) in [4.78, 5) is 13.4. The number of carbonyl (C=O) groups excluding carboxylic acids is 1. The summed E-state index contributed by atoms with van der Waals surface area (Å²) in [5.74, 6) is 0.890. The van der Waals surface area contributed by atoms with Gasteiger partial charge < -0.3 is 23.8 Å². The van der Waals surface area contributed by atoms with E-state index in [0.717, 1.165) is 32.8 Å². The zero-order chi connectivity index (χ0) is 14.5. The highest BCUT2D eigenvalue weighted by Crippen LogP contribution is 2.30. The molecule has 1 N–H and O–H groups in total. The maximum absolute atomic E-state index is 12.0. The highest BCUT2D eigenvalue weighted by atomic mass is 16.6. The standard InChI is InChI=1S/C15H19NO5/c17-15(19-10-7-16-5-8-18-9-6-16)14-11-20-12-3-1-2-4-13(12)21-14/h1-4,14H,5-11H2/p+1/t14-/m0/s1. The van der Waals surface area contributed by atoms with E-state index in [1.54, 1.807) is 6.07 Å². The van der Waals surface area contributed by atoms with Gasteiger partial charge in [0, 0.05) is 0 Å². The van der Waals surface area contributed by atoms with E-state index in [1.807, 2.05) is 18.2 Å². The van der Waals surface area contributed by atoms with E-state index >= 15 is 0 Å². The summed E-state index contributed by atoms with van der Waals surface area (Å²) in [6.07, 6.45) is -0.681. The Balaban J connectivity index is 1.44. The highest BCUT2D eigenvalue weighted by molar-refractivity contribution is 5.75. The third-order valence-corrected chi connectivity index (χ3v) is 3.67. The fourth-order valence-electron chi connectivity index (χ4n) is 2.43. The second-order valence-electron chi connectivity index (χ2n) is 5.14. The summed E-state index contributed by atoms with van der Waals surface area (Å²) in [6.45, 7) is 4.89. The van der Waals surface area contributed by atoms with Crippen molar-refractivity contribution >= 4 is 5.97 Å². The molecule has 2 aliphatic rings. The Morgan fingerprint density at radius 3 is 2.81 bits per heavy atom. The Kier molecular flexibility index (Phi) is 4.57. The van der Waals surface area contributed by atoms with Crippen molar-refractivity contribution in [1.82, 2.24) is 0 Å². The maximum atomic E-state index is 12.0. The average molecular weight is 294 g/mol. The monoisotopic (exact) mass is 294 g/mol. The number of ether oxygens (including phenoxy) is 4. The lowest BCUT2D eigenvalue weighted by atomic mass is 10.2. The van der Waals surface area contributed by atoms with Crippen LogP contribution in [-0.4, -0.2) is 58.1 Å². The van der Waals surface area contributed by atoms with Crippen LogP contribution in [0.1, 0.15) is 0 Å². The molecular formula is C15H20NO5+. The average Bonchev–Trinajstić information content (AvgIpc) is 2.55. The predicted octanol–water partition coefficient (Wildman–Crippen LogP) is -0.715. The molecule has 1 atom stereocenters. The van der Waals surface area contributed by atoms with Gasteiger partial charge in [0.2, 0.25) is 6.10 Å². The van der Waals surface area contributed by atoms with Crippen molar-refractivity contribution in [3.05, 3.63) is 24.3 Å². The van der Waals surface area contributed by atoms with Crippen molar-refractivity contribution < 1.29 is 28.6 Å². The molecule has 0 bridgehead atoms. The molecule has 0 radical (unpaired) electrons. The van der Waals surface area contributed by atoms with Crippen LogP contribution in [0.4, 0.5) is 0 Å². The normalized spacial score (nSPS) is 21.8. The Hall–Kier alpha value is -1.79. The number of morpholine rings is 1. The molecule has 6 heteroatoms. The molecule has 114 valence electrons. The topological polar surface area (TPSA) is 58.4 Å². The van der Waals surface area contributed by atoms with E-state index in [2.05, 4.69) is 0 Å². The number of nitrogens with one attached hydrogen (secondary N) is 1. The van der Waals surface area contributed by atoms with Gasteiger partial charge in [0.05, 0.1) is 13.2 Å². The zero-order valence-corrected chi connectivity index (χ0v) is 11.9. The van der Waals surface area contributed by atoms with Crippen molar-refractivity contribution in [2.24, 2.45) is 0 Å². The maximum Gasteiger partial charge on any atom is 0.351 e. The van der Waals surface area contributed by atoms with Gasteiger partial charge in [-0.15, -0.1) is 0 Å². The SMILES string of the molecule is O=C(OCC[NH+]1CCOCC1)[C@@H]1COc2ccccc2O1. The van der Waals surface area contributed by atoms with Crippen LogP contribution in [0.25, 0.3) is 0 Å². The third kappa shape index (κ3) is 3.65. The van der Waals surface area contributed by atoms with Crippen molar-refractivity contribution in [3.63, 3.8) is 0 Å². The number of rotatable bonds is 4. The Labute approximate surface area is 123 Å². The van der Waals surface area contributed by atoms with Gasteiger partial charge in [0.25, 0.3) is 0 Å². The summed E-state index contributed by atoms with van der Waals surface area (Å²) in [6, 6.07) is 7.31. The number of fused-ring (bicyclic) bond motifs is 1. The molecule has 0 aromatic heterocycles. The second-order valence-corrected chi connectivity index (χ2v) is 5.14. The number of quaternary nitrogens is 1. The van der Waals surface area contributed by atoms with Gasteiger partial charge in [0.1, 0.15) is 32.8 Å². The van der Waals surface area contributed by atoms with E-state index in [-0.39, 0.29) is 12.6 Å². The van der Waals surface area contributed by atoms with Crippen LogP contribution in [-0.2, 0) is 14.3 Å². The van der Waals surface area contributed by atoms with E-state index in [4.69, 9.17) is 18.9 Å². The first kappa shape index (κ1) is 14.2. The minimum atomic E-state index is -0.681. The number of hydrogen-bond acceptors (Lipinski definition) is 5. The first-order valence-corrected chi connectivity index (χ1v) is 7.29. The molecule has 6 nitrogen and oxygen atoms in total. The van der Waals surface area contributed by atoms with Crippen molar-refractivity contribution in [3.8, 4) is 11.5 Å². The van der Waals surface area contributed by atoms with Gasteiger partial charge in [-0.25, -0.2) is 4.79 Å². The quantitative estimate of drug-likeness (QED) is 0.743. The number of esters is 1. The summed E-state index contributed by atoms with van der Waals surface area (Å²) in [5, 5.41) is 0. The Bertz CT molecular complexity index is 487. The van der Waals surface area contributed by atoms with E-state index in [0.29, 0.717) is 18.1 Å². The predicted molar refractivity (Wildman–Crippen MR) is 73.7 cm³/mol. The lowest BCUT2D eigenvalue weighted by molar-refractivity contribution is -0.908. The number of para-hydroxylation sites is 2. The lowest BCUT2D eigenvalue weighted by Gasteiger charge is -2.26. The van der Waals surface area contributed by atoms with Crippen LogP contribution in [0.5, 0.6) is 11.5 Å². The molecule has 0 saturated carbocycles. The van der Waals surface area contributed by atoms with Crippen LogP contribution in [0.3, 0.4) is 0 Å². The molecule has 2 heterocycles. The zero-order valence-electron chi connectivity index (χ0n) is 11.9. The van der Waals surface area contributed by atoms with Crippen LogP contribution in [0.15, 0.2) is 24.3 Å². The summed E-state index contributed by atoms with van der Waals surface area (Å²) in [7, 11) is 0. The third-order valence-electron chi connectivity index (χ3n) is 3.67. The lowest BCUT2D eigenvalue weighted by Crippen LogP contribution is -3.14. The van der Waals surface area contributed by atoms with Gasteiger partial charge in [-0.1, -0.05) is 12.1 Å². The van der Waals surface area contributed by atoms with Crippen LogP contribution in [0, 0.1) is 0 Å². The smallest absolute Gasteiger partial charge is 0.351 e. The summed E-state index contributed by atoms with van der Waals surface area (Å²) >= 11 is 0. The minimum absolute atomic E-state index is 0.195. The first-order chi connectivity index (χ1) is 10.3. The molecule has 0 amide bonds. The highest BCUT2D eigenvalue weighted by Gasteiger charge is 2.28. The molecule has 21 heavy (non-hydrogen) atoms. The molecule has 1 fully saturated rings. The Morgan fingerprint density at radius 1 is 1.24 bits per heavy atom. The van der Waals surface area contributed by atoms with Crippen LogP contribution >= 0.6 is 0 Å². The minimum Gasteiger partial charge on any atom is -0.485 e. The largest absolute Gasteiger partial charge is 0.485 e. The van der Waals surface area contributed by atoms with Crippen LogP contribution in [0.2, 0.25) is 0 Å². The number of carbonyl (C=O) groups is 1. The van der Waals surface area contributed by atoms with Gasteiger partial charge in [-0.3, -0.25) is 0 Å². The molecule has 3 rings (SSSR count). The molecule has 2 aliphatic heterocycles.